The van der Waals surface area contributed by atoms with Gasteiger partial charge in [-0.25, -0.2) is 0 Å². The summed E-state index contributed by atoms with van der Waals surface area (Å²) in [6.45, 7) is 7.21. The summed E-state index contributed by atoms with van der Waals surface area (Å²) in [4.78, 5) is 17.1. The Morgan fingerprint density at radius 2 is 2.23 bits per heavy atom. The zero-order chi connectivity index (χ0) is 16.1. The molecule has 0 spiro atoms. The Bertz CT molecular complexity index is 716. The van der Waals surface area contributed by atoms with Crippen molar-refractivity contribution in [1.29, 1.82) is 0 Å². The number of rotatable bonds is 6. The van der Waals surface area contributed by atoms with E-state index in [0.29, 0.717) is 6.61 Å². The molecule has 120 valence electrons. The predicted molar refractivity (Wildman–Crippen MR) is 94.8 cm³/mol. The van der Waals surface area contributed by atoms with Gasteiger partial charge in [-0.2, -0.15) is 16.8 Å². The molecule has 0 fully saturated rings. The van der Waals surface area contributed by atoms with Gasteiger partial charge >= 0.3 is 0 Å². The molecular formula is C16H22N2O2S2. The van der Waals surface area contributed by atoms with Crippen LogP contribution in [-0.4, -0.2) is 29.1 Å². The Hall–Kier alpha value is -1.27. The fourth-order valence-corrected chi connectivity index (χ4v) is 3.47. The maximum Gasteiger partial charge on any atom is 0.250 e. The third kappa shape index (κ3) is 3.93. The van der Waals surface area contributed by atoms with Crippen LogP contribution in [0.4, 0.5) is 0 Å². The number of thioether (sulfide) groups is 1. The highest BCUT2D eigenvalue weighted by Crippen LogP contribution is 2.23. The third-order valence-electron chi connectivity index (χ3n) is 3.18. The molecule has 0 radical (unpaired) electrons. The zero-order valence-corrected chi connectivity index (χ0v) is 15.1. The lowest BCUT2D eigenvalue weighted by molar-refractivity contribution is -0.120. The molecule has 0 saturated carbocycles. The van der Waals surface area contributed by atoms with Gasteiger partial charge in [0.15, 0.2) is 4.80 Å². The van der Waals surface area contributed by atoms with E-state index in [2.05, 4.69) is 21.9 Å². The average molecular weight is 338 g/mol. The lowest BCUT2D eigenvalue weighted by Gasteiger charge is -2.05. The van der Waals surface area contributed by atoms with Crippen molar-refractivity contribution in [2.45, 2.75) is 27.3 Å². The van der Waals surface area contributed by atoms with Crippen LogP contribution in [0.3, 0.4) is 0 Å². The molecule has 0 aliphatic carbocycles. The minimum absolute atomic E-state index is 0.0745. The fraction of sp³-hybridized carbons (Fsp3) is 0.500. The van der Waals surface area contributed by atoms with Crippen molar-refractivity contribution in [2.75, 3.05) is 18.6 Å². The Morgan fingerprint density at radius 3 is 2.86 bits per heavy atom. The molecule has 4 nitrogen and oxygen atoms in total. The first kappa shape index (κ1) is 17.1. The number of hydrogen-bond acceptors (Lipinski definition) is 4. The maximum absolute atomic E-state index is 12.0. The Balaban J connectivity index is 2.55. The van der Waals surface area contributed by atoms with Crippen LogP contribution in [0.15, 0.2) is 23.2 Å². The number of ether oxygens (including phenoxy) is 1. The van der Waals surface area contributed by atoms with Gasteiger partial charge in [-0.1, -0.05) is 25.2 Å². The summed E-state index contributed by atoms with van der Waals surface area (Å²) in [6.07, 6.45) is 2.08. The molecule has 1 aromatic heterocycles. The summed E-state index contributed by atoms with van der Waals surface area (Å²) in [5, 5.41) is 0. The Labute approximate surface area is 139 Å². The number of amides is 1. The van der Waals surface area contributed by atoms with E-state index in [1.807, 2.05) is 32.9 Å². The van der Waals surface area contributed by atoms with Crippen molar-refractivity contribution in [3.8, 4) is 5.75 Å². The second-order valence-corrected chi connectivity index (χ2v) is 7.19. The van der Waals surface area contributed by atoms with Crippen molar-refractivity contribution >= 4 is 39.2 Å². The highest BCUT2D eigenvalue weighted by atomic mass is 32.2. The number of hydrogen-bond donors (Lipinski definition) is 0. The second kappa shape index (κ2) is 7.83. The molecule has 0 aliphatic rings. The van der Waals surface area contributed by atoms with Crippen LogP contribution in [-0.2, 0) is 11.3 Å². The monoisotopic (exact) mass is 338 g/mol. The van der Waals surface area contributed by atoms with Gasteiger partial charge in [0.1, 0.15) is 5.75 Å². The van der Waals surface area contributed by atoms with E-state index in [-0.39, 0.29) is 11.8 Å². The summed E-state index contributed by atoms with van der Waals surface area (Å²) in [6, 6.07) is 6.05. The van der Waals surface area contributed by atoms with Gasteiger partial charge in [-0.05, 0) is 31.4 Å². The van der Waals surface area contributed by atoms with Crippen molar-refractivity contribution in [3.05, 3.63) is 23.0 Å². The minimum Gasteiger partial charge on any atom is -0.494 e. The third-order valence-corrected chi connectivity index (χ3v) is 4.82. The maximum atomic E-state index is 12.0. The van der Waals surface area contributed by atoms with Crippen LogP contribution in [0.25, 0.3) is 10.2 Å². The summed E-state index contributed by atoms with van der Waals surface area (Å²) in [7, 11) is 0. The molecule has 22 heavy (non-hydrogen) atoms. The standard InChI is InChI=1S/C16H22N2O2S2/c1-5-20-12-6-7-13-14(10-12)22-16(17-15(19)11(2)3)18(13)8-9-21-4/h6-7,10-11H,5,8-9H2,1-4H3. The zero-order valence-electron chi connectivity index (χ0n) is 13.5. The van der Waals surface area contributed by atoms with Gasteiger partial charge in [-0.15, -0.1) is 0 Å². The molecule has 0 saturated heterocycles. The SMILES string of the molecule is CCOc1ccc2c(c1)sc(=NC(=O)C(C)C)n2CCSC. The average Bonchev–Trinajstić information content (AvgIpc) is 2.81. The summed E-state index contributed by atoms with van der Waals surface area (Å²) in [5.41, 5.74) is 1.11. The number of aryl methyl sites for hydroxylation is 1. The summed E-state index contributed by atoms with van der Waals surface area (Å²) in [5.74, 6) is 1.69. The highest BCUT2D eigenvalue weighted by Gasteiger charge is 2.10. The van der Waals surface area contributed by atoms with Crippen molar-refractivity contribution < 1.29 is 9.53 Å². The van der Waals surface area contributed by atoms with Crippen molar-refractivity contribution in [3.63, 3.8) is 0 Å². The summed E-state index contributed by atoms with van der Waals surface area (Å²) < 4.78 is 8.79. The quantitative estimate of drug-likeness (QED) is 0.809. The predicted octanol–water partition coefficient (Wildman–Crippen LogP) is 3.55. The Morgan fingerprint density at radius 1 is 1.45 bits per heavy atom. The lowest BCUT2D eigenvalue weighted by Crippen LogP contribution is -2.19. The van der Waals surface area contributed by atoms with E-state index in [0.717, 1.165) is 33.1 Å². The van der Waals surface area contributed by atoms with Crippen molar-refractivity contribution in [2.24, 2.45) is 10.9 Å². The first-order valence-electron chi connectivity index (χ1n) is 7.40. The molecular weight excluding hydrogens is 316 g/mol. The number of thiazole rings is 1. The van der Waals surface area contributed by atoms with Crippen molar-refractivity contribution in [1.82, 2.24) is 4.57 Å². The topological polar surface area (TPSA) is 43.6 Å². The molecule has 0 bridgehead atoms. The molecule has 0 atom stereocenters. The van der Waals surface area contributed by atoms with Gasteiger partial charge in [0.2, 0.25) is 0 Å². The normalized spacial score (nSPS) is 12.3. The molecule has 2 aromatic rings. The van der Waals surface area contributed by atoms with E-state index in [4.69, 9.17) is 4.74 Å². The van der Waals surface area contributed by atoms with Crippen LogP contribution in [0.2, 0.25) is 0 Å². The molecule has 1 aromatic carbocycles. The number of carbonyl (C=O) groups is 1. The molecule has 0 aliphatic heterocycles. The number of carbonyl (C=O) groups excluding carboxylic acids is 1. The van der Waals surface area contributed by atoms with Crippen LogP contribution in [0.5, 0.6) is 5.75 Å². The van der Waals surface area contributed by atoms with Gasteiger partial charge in [0, 0.05) is 18.2 Å². The molecule has 1 heterocycles. The van der Waals surface area contributed by atoms with E-state index in [1.54, 1.807) is 23.1 Å². The molecule has 2 rings (SSSR count). The lowest BCUT2D eigenvalue weighted by atomic mass is 10.2. The molecule has 1 amide bonds. The van der Waals surface area contributed by atoms with Crippen LogP contribution in [0.1, 0.15) is 20.8 Å². The summed E-state index contributed by atoms with van der Waals surface area (Å²) >= 11 is 3.33. The number of nitrogens with zero attached hydrogens (tertiary/aromatic N) is 2. The number of benzene rings is 1. The van der Waals surface area contributed by atoms with Gasteiger partial charge in [-0.3, -0.25) is 4.79 Å². The van der Waals surface area contributed by atoms with Crippen LogP contribution in [0, 0.1) is 5.92 Å². The van der Waals surface area contributed by atoms with Gasteiger partial charge < -0.3 is 9.30 Å². The van der Waals surface area contributed by atoms with E-state index in [9.17, 15) is 4.79 Å². The van der Waals surface area contributed by atoms with Gasteiger partial charge in [0.05, 0.1) is 16.8 Å². The second-order valence-electron chi connectivity index (χ2n) is 5.20. The fourth-order valence-electron chi connectivity index (χ4n) is 2.02. The number of fused-ring (bicyclic) bond motifs is 1. The molecule has 0 N–H and O–H groups in total. The molecule has 6 heteroatoms. The largest absolute Gasteiger partial charge is 0.494 e. The Kier molecular flexibility index (Phi) is 6.08. The highest BCUT2D eigenvalue weighted by molar-refractivity contribution is 7.98. The van der Waals surface area contributed by atoms with E-state index >= 15 is 0 Å². The van der Waals surface area contributed by atoms with Crippen LogP contribution >= 0.6 is 23.1 Å². The van der Waals surface area contributed by atoms with Gasteiger partial charge in [0.25, 0.3) is 5.91 Å². The smallest absolute Gasteiger partial charge is 0.250 e. The van der Waals surface area contributed by atoms with E-state index in [1.165, 1.54) is 0 Å². The minimum atomic E-state index is -0.0850. The van der Waals surface area contributed by atoms with E-state index < -0.39 is 0 Å². The van der Waals surface area contributed by atoms with Crippen LogP contribution < -0.4 is 9.54 Å². The number of aromatic nitrogens is 1. The first-order valence-corrected chi connectivity index (χ1v) is 9.61. The molecule has 0 unspecified atom stereocenters. The first-order chi connectivity index (χ1) is 10.6.